The Bertz CT molecular complexity index is 408. The second-order valence-corrected chi connectivity index (χ2v) is 4.92. The summed E-state index contributed by atoms with van der Waals surface area (Å²) in [5.74, 6) is 0.877. The van der Waals surface area contributed by atoms with Crippen molar-refractivity contribution >= 4 is 24.1 Å². The molecule has 0 radical (unpaired) electrons. The van der Waals surface area contributed by atoms with Gasteiger partial charge in [-0.15, -0.1) is 11.8 Å². The lowest BCUT2D eigenvalue weighted by Crippen LogP contribution is -2.37. The first-order valence-corrected chi connectivity index (χ1v) is 6.52. The summed E-state index contributed by atoms with van der Waals surface area (Å²) < 4.78 is 5.01. The van der Waals surface area contributed by atoms with Crippen LogP contribution in [-0.2, 0) is 15.3 Å². The van der Waals surface area contributed by atoms with Crippen LogP contribution in [0, 0.1) is 0 Å². The van der Waals surface area contributed by atoms with Crippen molar-refractivity contribution in [1.82, 2.24) is 15.5 Å². The molecule has 0 saturated carbocycles. The van der Waals surface area contributed by atoms with E-state index in [-0.39, 0.29) is 11.7 Å². The number of nitrogens with zero attached hydrogens (tertiary/aromatic N) is 2. The largest absolute Gasteiger partial charge is 0.480 e. The van der Waals surface area contributed by atoms with E-state index in [1.807, 2.05) is 13.8 Å². The molecule has 18 heavy (non-hydrogen) atoms. The van der Waals surface area contributed by atoms with Gasteiger partial charge >= 0.3 is 5.97 Å². The smallest absolute Gasteiger partial charge is 0.327 e. The number of carbonyl (C=O) groups is 2. The quantitative estimate of drug-likeness (QED) is 0.669. The number of hydrogen-bond acceptors (Lipinski definition) is 6. The molecule has 1 aromatic rings. The second-order valence-electron chi connectivity index (χ2n) is 3.89. The van der Waals surface area contributed by atoms with Crippen LogP contribution in [0.15, 0.2) is 4.52 Å². The van der Waals surface area contributed by atoms with Crippen LogP contribution < -0.4 is 5.32 Å². The molecule has 1 unspecified atom stereocenters. The first kappa shape index (κ1) is 14.5. The van der Waals surface area contributed by atoms with Crippen molar-refractivity contribution in [2.75, 3.05) is 5.75 Å². The van der Waals surface area contributed by atoms with E-state index in [1.54, 1.807) is 0 Å². The normalized spacial score (nSPS) is 12.4. The molecule has 100 valence electrons. The summed E-state index contributed by atoms with van der Waals surface area (Å²) >= 11 is 1.31. The van der Waals surface area contributed by atoms with Crippen LogP contribution in [0.2, 0.25) is 0 Å². The van der Waals surface area contributed by atoms with Gasteiger partial charge in [0.05, 0.1) is 5.75 Å². The van der Waals surface area contributed by atoms with Gasteiger partial charge in [-0.05, 0) is 0 Å². The van der Waals surface area contributed by atoms with Crippen molar-refractivity contribution in [3.63, 3.8) is 0 Å². The molecule has 1 aromatic heterocycles. The summed E-state index contributed by atoms with van der Waals surface area (Å²) in [6.07, 6.45) is 0.378. The Morgan fingerprint density at radius 2 is 2.33 bits per heavy atom. The summed E-state index contributed by atoms with van der Waals surface area (Å²) in [4.78, 5) is 25.1. The van der Waals surface area contributed by atoms with Crippen LogP contribution in [0.4, 0.5) is 0 Å². The zero-order chi connectivity index (χ0) is 13.5. The van der Waals surface area contributed by atoms with Gasteiger partial charge in [-0.2, -0.15) is 4.98 Å². The Labute approximate surface area is 108 Å². The van der Waals surface area contributed by atoms with Gasteiger partial charge in [-0.3, -0.25) is 4.79 Å². The average Bonchev–Trinajstić information content (AvgIpc) is 2.76. The molecule has 0 aliphatic rings. The predicted octanol–water partition coefficient (Wildman–Crippen LogP) is 0.625. The summed E-state index contributed by atoms with van der Waals surface area (Å²) in [5, 5.41) is 14.8. The first-order chi connectivity index (χ1) is 8.54. The number of nitrogens with one attached hydrogen (secondary N) is 1. The molecular formula is C10H15N3O4S. The molecule has 0 spiro atoms. The summed E-state index contributed by atoms with van der Waals surface area (Å²) in [7, 11) is 0. The number of hydrogen-bond donors (Lipinski definition) is 2. The standard InChI is InChI=1S/C10H15N3O4S/c1-6(2)9-12-8(17-13-9)4-18-3-7(10(15)16)11-5-14/h5-7H,3-4H2,1-2H3,(H,11,14)(H,15,16). The van der Waals surface area contributed by atoms with Gasteiger partial charge in [0.2, 0.25) is 12.3 Å². The van der Waals surface area contributed by atoms with Gasteiger partial charge in [0.15, 0.2) is 5.82 Å². The molecule has 0 aliphatic carbocycles. The van der Waals surface area contributed by atoms with Crippen LogP contribution in [0.5, 0.6) is 0 Å². The van der Waals surface area contributed by atoms with Crippen LogP contribution in [0.1, 0.15) is 31.5 Å². The predicted molar refractivity (Wildman–Crippen MR) is 65.2 cm³/mol. The van der Waals surface area contributed by atoms with E-state index in [0.717, 1.165) is 0 Å². The number of amides is 1. The lowest BCUT2D eigenvalue weighted by Gasteiger charge is -2.08. The van der Waals surface area contributed by atoms with Gasteiger partial charge in [-0.25, -0.2) is 4.79 Å². The molecule has 0 aliphatic heterocycles. The van der Waals surface area contributed by atoms with Crippen molar-refractivity contribution < 1.29 is 19.2 Å². The number of carboxylic acids is 1. The molecule has 0 fully saturated rings. The molecule has 1 amide bonds. The van der Waals surface area contributed by atoms with E-state index in [9.17, 15) is 9.59 Å². The molecule has 0 bridgehead atoms. The fourth-order valence-corrected chi connectivity index (χ4v) is 1.98. The van der Waals surface area contributed by atoms with Gasteiger partial charge < -0.3 is 14.9 Å². The third-order valence-corrected chi connectivity index (χ3v) is 3.10. The molecule has 0 saturated heterocycles. The number of thioether (sulfide) groups is 1. The summed E-state index contributed by atoms with van der Waals surface area (Å²) in [6, 6.07) is -0.903. The van der Waals surface area contributed by atoms with Crippen molar-refractivity contribution in [3.8, 4) is 0 Å². The number of carbonyl (C=O) groups excluding carboxylic acids is 1. The molecule has 1 rings (SSSR count). The lowest BCUT2D eigenvalue weighted by molar-refractivity contribution is -0.139. The molecule has 1 heterocycles. The molecule has 1 atom stereocenters. The number of rotatable bonds is 8. The zero-order valence-electron chi connectivity index (χ0n) is 10.1. The Morgan fingerprint density at radius 3 is 2.83 bits per heavy atom. The minimum Gasteiger partial charge on any atom is -0.480 e. The van der Waals surface area contributed by atoms with E-state index in [1.165, 1.54) is 11.8 Å². The van der Waals surface area contributed by atoms with E-state index in [0.29, 0.717) is 23.9 Å². The highest BCUT2D eigenvalue weighted by molar-refractivity contribution is 7.98. The molecule has 0 aromatic carbocycles. The third kappa shape index (κ3) is 4.36. The minimum absolute atomic E-state index is 0.191. The van der Waals surface area contributed by atoms with Crippen molar-refractivity contribution in [3.05, 3.63) is 11.7 Å². The maximum absolute atomic E-state index is 10.7. The van der Waals surface area contributed by atoms with Crippen LogP contribution in [0.25, 0.3) is 0 Å². The number of carboxylic acid groups (broad SMARTS) is 1. The van der Waals surface area contributed by atoms with Gasteiger partial charge in [0, 0.05) is 11.7 Å². The Balaban J connectivity index is 2.39. The minimum atomic E-state index is -1.07. The SMILES string of the molecule is CC(C)c1noc(CSCC(NC=O)C(=O)O)n1. The second kappa shape index (κ2) is 7.00. The molecule has 8 heteroatoms. The maximum Gasteiger partial charge on any atom is 0.327 e. The van der Waals surface area contributed by atoms with E-state index >= 15 is 0 Å². The van der Waals surface area contributed by atoms with Crippen molar-refractivity contribution in [2.24, 2.45) is 0 Å². The van der Waals surface area contributed by atoms with E-state index in [2.05, 4.69) is 15.5 Å². The van der Waals surface area contributed by atoms with Crippen LogP contribution in [-0.4, -0.2) is 39.4 Å². The first-order valence-electron chi connectivity index (χ1n) is 5.37. The topological polar surface area (TPSA) is 105 Å². The van der Waals surface area contributed by atoms with E-state index in [4.69, 9.17) is 9.63 Å². The molecule has 2 N–H and O–H groups in total. The Hall–Kier alpha value is -1.57. The lowest BCUT2D eigenvalue weighted by atomic mass is 10.2. The maximum atomic E-state index is 10.7. The van der Waals surface area contributed by atoms with Crippen LogP contribution >= 0.6 is 11.8 Å². The molecule has 7 nitrogen and oxygen atoms in total. The summed E-state index contributed by atoms with van der Waals surface area (Å²) in [6.45, 7) is 3.91. The zero-order valence-corrected chi connectivity index (χ0v) is 10.9. The highest BCUT2D eigenvalue weighted by atomic mass is 32.2. The van der Waals surface area contributed by atoms with Gasteiger partial charge in [-0.1, -0.05) is 19.0 Å². The molecular weight excluding hydrogens is 258 g/mol. The van der Waals surface area contributed by atoms with E-state index < -0.39 is 12.0 Å². The fraction of sp³-hybridized carbons (Fsp3) is 0.600. The Kier molecular flexibility index (Phi) is 5.63. The fourth-order valence-electron chi connectivity index (χ4n) is 1.10. The number of aromatic nitrogens is 2. The van der Waals surface area contributed by atoms with Crippen molar-refractivity contribution in [1.29, 1.82) is 0 Å². The Morgan fingerprint density at radius 1 is 1.61 bits per heavy atom. The highest BCUT2D eigenvalue weighted by Gasteiger charge is 2.17. The van der Waals surface area contributed by atoms with Crippen molar-refractivity contribution in [2.45, 2.75) is 31.6 Å². The third-order valence-electron chi connectivity index (χ3n) is 2.08. The summed E-state index contributed by atoms with van der Waals surface area (Å²) in [5.41, 5.74) is 0. The monoisotopic (exact) mass is 273 g/mol. The average molecular weight is 273 g/mol. The highest BCUT2D eigenvalue weighted by Crippen LogP contribution is 2.15. The van der Waals surface area contributed by atoms with Gasteiger partial charge in [0.1, 0.15) is 6.04 Å². The number of aliphatic carboxylic acids is 1. The van der Waals surface area contributed by atoms with Crippen LogP contribution in [0.3, 0.4) is 0 Å². The van der Waals surface area contributed by atoms with Gasteiger partial charge in [0.25, 0.3) is 0 Å².